The van der Waals surface area contributed by atoms with Crippen LogP contribution in [0.1, 0.15) is 96.8 Å². The van der Waals surface area contributed by atoms with Gasteiger partial charge in [0.05, 0.1) is 12.6 Å². The summed E-state index contributed by atoms with van der Waals surface area (Å²) in [5.41, 5.74) is 5.56. The monoisotopic (exact) mass is 405 g/mol. The number of ketones is 1. The Morgan fingerprint density at radius 1 is 0.926 bits per heavy atom. The maximum atomic E-state index is 11.7. The number of rotatable bonds is 19. The third-order valence-electron chi connectivity index (χ3n) is 4.52. The maximum Gasteiger partial charge on any atom is 0.469 e. The first-order chi connectivity index (χ1) is 12.9. The van der Waals surface area contributed by atoms with Crippen LogP contribution in [0, 0.1) is 0 Å². The highest BCUT2D eigenvalue weighted by Crippen LogP contribution is 2.35. The van der Waals surface area contributed by atoms with Crippen LogP contribution in [0.25, 0.3) is 0 Å². The first kappa shape index (κ1) is 26.5. The van der Waals surface area contributed by atoms with Crippen LogP contribution in [0.5, 0.6) is 0 Å². The van der Waals surface area contributed by atoms with E-state index in [9.17, 15) is 9.36 Å². The Bertz CT molecular complexity index is 436. The van der Waals surface area contributed by atoms with E-state index in [1.807, 2.05) is 0 Å². The average Bonchev–Trinajstić information content (AvgIpc) is 2.62. The summed E-state index contributed by atoms with van der Waals surface area (Å²) >= 11 is 0. The van der Waals surface area contributed by atoms with E-state index in [4.69, 9.17) is 15.5 Å². The standard InChI is InChI=1S/C20H40NO5P/c1-2-3-4-5-6-7-8-9-10-11-12-13-14-15-16-17-20(22)19(21)18-26-27(23,24)25/h9-10,19H,2-8,11-18,21H2,1H3,(H2,23,24,25)/b10-9-. The van der Waals surface area contributed by atoms with Gasteiger partial charge in [-0.2, -0.15) is 0 Å². The second-order valence-electron chi connectivity index (χ2n) is 7.19. The Morgan fingerprint density at radius 2 is 1.41 bits per heavy atom. The Hall–Kier alpha value is -0.520. The molecule has 0 radical (unpaired) electrons. The van der Waals surface area contributed by atoms with Gasteiger partial charge in [-0.3, -0.25) is 9.32 Å². The van der Waals surface area contributed by atoms with Crippen molar-refractivity contribution in [2.75, 3.05) is 6.61 Å². The molecule has 0 aromatic rings. The molecule has 7 heteroatoms. The SMILES string of the molecule is CCCCCCCC/C=C\CCCCCCCC(=O)C(N)COP(=O)(O)O. The largest absolute Gasteiger partial charge is 0.469 e. The number of nitrogens with two attached hydrogens (primary N) is 1. The predicted molar refractivity (Wildman–Crippen MR) is 110 cm³/mol. The molecule has 0 aromatic carbocycles. The lowest BCUT2D eigenvalue weighted by Crippen LogP contribution is -2.34. The molecule has 4 N–H and O–H groups in total. The van der Waals surface area contributed by atoms with Crippen molar-refractivity contribution in [1.82, 2.24) is 0 Å². The molecule has 0 saturated carbocycles. The molecule has 27 heavy (non-hydrogen) atoms. The molecule has 0 fully saturated rings. The molecule has 0 spiro atoms. The first-order valence-electron chi connectivity index (χ1n) is 10.5. The number of allylic oxidation sites excluding steroid dienone is 2. The predicted octanol–water partition coefficient (Wildman–Crippen LogP) is 5.03. The third-order valence-corrected chi connectivity index (χ3v) is 5.01. The Kier molecular flexibility index (Phi) is 17.2. The Morgan fingerprint density at radius 3 is 1.93 bits per heavy atom. The van der Waals surface area contributed by atoms with Crippen LogP contribution in [0.3, 0.4) is 0 Å². The summed E-state index contributed by atoms with van der Waals surface area (Å²) in [6, 6.07) is -0.964. The molecule has 160 valence electrons. The van der Waals surface area contributed by atoms with Crippen LogP contribution >= 0.6 is 7.82 Å². The molecular weight excluding hydrogens is 365 g/mol. The van der Waals surface area contributed by atoms with Crippen LogP contribution in [0.4, 0.5) is 0 Å². The van der Waals surface area contributed by atoms with Gasteiger partial charge in [0.15, 0.2) is 5.78 Å². The molecule has 1 atom stereocenters. The lowest BCUT2D eigenvalue weighted by Gasteiger charge is -2.11. The summed E-state index contributed by atoms with van der Waals surface area (Å²) < 4.78 is 14.8. The molecule has 0 rings (SSSR count). The second-order valence-corrected chi connectivity index (χ2v) is 8.43. The van der Waals surface area contributed by atoms with E-state index in [2.05, 4.69) is 23.6 Å². The van der Waals surface area contributed by atoms with E-state index in [1.54, 1.807) is 0 Å². The third kappa shape index (κ3) is 20.0. The summed E-state index contributed by atoms with van der Waals surface area (Å²) in [4.78, 5) is 28.9. The van der Waals surface area contributed by atoms with Crippen LogP contribution < -0.4 is 5.73 Å². The van der Waals surface area contributed by atoms with Gasteiger partial charge in [-0.15, -0.1) is 0 Å². The number of Topliss-reactive ketones (excluding diaryl/α,β-unsaturated/α-hetero) is 1. The molecule has 0 heterocycles. The molecule has 0 saturated heterocycles. The summed E-state index contributed by atoms with van der Waals surface area (Å²) in [7, 11) is -4.56. The van der Waals surface area contributed by atoms with Gasteiger partial charge in [-0.25, -0.2) is 4.57 Å². The van der Waals surface area contributed by atoms with E-state index in [0.717, 1.165) is 32.1 Å². The van der Waals surface area contributed by atoms with E-state index >= 15 is 0 Å². The second kappa shape index (κ2) is 17.6. The van der Waals surface area contributed by atoms with E-state index in [-0.39, 0.29) is 5.78 Å². The quantitative estimate of drug-likeness (QED) is 0.158. The number of unbranched alkanes of at least 4 members (excludes halogenated alkanes) is 11. The number of carbonyl (C=O) groups is 1. The van der Waals surface area contributed by atoms with Crippen LogP contribution in [0.2, 0.25) is 0 Å². The Balaban J connectivity index is 3.40. The molecule has 1 unspecified atom stereocenters. The zero-order chi connectivity index (χ0) is 20.4. The van der Waals surface area contributed by atoms with Crippen molar-refractivity contribution in [3.05, 3.63) is 12.2 Å². The number of phosphoric acid groups is 1. The normalized spacial score (nSPS) is 13.3. The van der Waals surface area contributed by atoms with Crippen molar-refractivity contribution in [1.29, 1.82) is 0 Å². The van der Waals surface area contributed by atoms with Gasteiger partial charge in [0.1, 0.15) is 0 Å². The molecule has 0 aliphatic rings. The minimum absolute atomic E-state index is 0.207. The maximum absolute atomic E-state index is 11.7. The van der Waals surface area contributed by atoms with Crippen molar-refractivity contribution in [3.8, 4) is 0 Å². The van der Waals surface area contributed by atoms with Gasteiger partial charge in [0.2, 0.25) is 0 Å². The lowest BCUT2D eigenvalue weighted by molar-refractivity contribution is -0.121. The first-order valence-corrected chi connectivity index (χ1v) is 12.0. The van der Waals surface area contributed by atoms with Crippen LogP contribution in [-0.4, -0.2) is 28.2 Å². The van der Waals surface area contributed by atoms with Crippen molar-refractivity contribution < 1.29 is 23.7 Å². The number of hydrogen-bond acceptors (Lipinski definition) is 4. The highest BCUT2D eigenvalue weighted by Gasteiger charge is 2.20. The van der Waals surface area contributed by atoms with Gasteiger partial charge in [-0.1, -0.05) is 70.4 Å². The molecular formula is C20H40NO5P. The van der Waals surface area contributed by atoms with Gasteiger partial charge >= 0.3 is 7.82 Å². The minimum atomic E-state index is -4.56. The fourth-order valence-corrected chi connectivity index (χ4v) is 3.18. The molecule has 0 aromatic heterocycles. The lowest BCUT2D eigenvalue weighted by atomic mass is 10.0. The summed E-state index contributed by atoms with van der Waals surface area (Å²) in [5, 5.41) is 0. The number of carbonyl (C=O) groups excluding carboxylic acids is 1. The molecule has 0 aliphatic carbocycles. The zero-order valence-corrected chi connectivity index (χ0v) is 17.9. The van der Waals surface area contributed by atoms with Crippen LogP contribution in [0.15, 0.2) is 12.2 Å². The molecule has 0 aliphatic heterocycles. The number of hydrogen-bond donors (Lipinski definition) is 3. The zero-order valence-electron chi connectivity index (χ0n) is 17.0. The van der Waals surface area contributed by atoms with E-state index in [0.29, 0.717) is 6.42 Å². The van der Waals surface area contributed by atoms with Crippen molar-refractivity contribution in [3.63, 3.8) is 0 Å². The summed E-state index contributed by atoms with van der Waals surface area (Å²) in [6.07, 6.45) is 20.5. The van der Waals surface area contributed by atoms with Crippen molar-refractivity contribution >= 4 is 13.6 Å². The van der Waals surface area contributed by atoms with Crippen molar-refractivity contribution in [2.24, 2.45) is 5.73 Å². The van der Waals surface area contributed by atoms with Gasteiger partial charge < -0.3 is 15.5 Å². The topological polar surface area (TPSA) is 110 Å². The Labute approximate surface area is 165 Å². The van der Waals surface area contributed by atoms with Gasteiger partial charge in [-0.05, 0) is 32.1 Å². The fourth-order valence-electron chi connectivity index (χ4n) is 2.83. The number of phosphoric ester groups is 1. The van der Waals surface area contributed by atoms with E-state index < -0.39 is 20.5 Å². The van der Waals surface area contributed by atoms with Gasteiger partial charge in [0, 0.05) is 6.42 Å². The highest BCUT2D eigenvalue weighted by molar-refractivity contribution is 7.46. The fraction of sp³-hybridized carbons (Fsp3) is 0.850. The molecule has 0 amide bonds. The minimum Gasteiger partial charge on any atom is -0.320 e. The van der Waals surface area contributed by atoms with Gasteiger partial charge in [0.25, 0.3) is 0 Å². The summed E-state index contributed by atoms with van der Waals surface area (Å²) in [6.45, 7) is 1.81. The van der Waals surface area contributed by atoms with Crippen LogP contribution in [-0.2, 0) is 13.9 Å². The van der Waals surface area contributed by atoms with E-state index in [1.165, 1.54) is 51.4 Å². The molecule has 6 nitrogen and oxygen atoms in total. The summed E-state index contributed by atoms with van der Waals surface area (Å²) in [5.74, 6) is -0.207. The van der Waals surface area contributed by atoms with Crippen molar-refractivity contribution in [2.45, 2.75) is 103 Å². The highest BCUT2D eigenvalue weighted by atomic mass is 31.2. The smallest absolute Gasteiger partial charge is 0.320 e. The average molecular weight is 406 g/mol. The molecule has 0 bridgehead atoms.